The lowest BCUT2D eigenvalue weighted by molar-refractivity contribution is -0.134. The lowest BCUT2D eigenvalue weighted by Gasteiger charge is -2.45. The number of ether oxygens (including phenoxy) is 1. The maximum Gasteiger partial charge on any atom is 0.280 e. The number of hydrogen-bond acceptors (Lipinski definition) is 11. The summed E-state index contributed by atoms with van der Waals surface area (Å²) in [4.78, 5) is 69.2. The molecule has 2 aromatic carbocycles. The smallest absolute Gasteiger partial charge is 0.280 e. The highest BCUT2D eigenvalue weighted by molar-refractivity contribution is 6.19. The fourth-order valence-electron chi connectivity index (χ4n) is 9.61. The van der Waals surface area contributed by atoms with Crippen LogP contribution in [-0.2, 0) is 16.6 Å². The topological polar surface area (TPSA) is 158 Å². The molecule has 0 unspecified atom stereocenters. The first kappa shape index (κ1) is 42.1. The Morgan fingerprint density at radius 3 is 2.48 bits per heavy atom. The number of nitrogens with one attached hydrogen (secondary N) is 2. The Morgan fingerprint density at radius 2 is 1.73 bits per heavy atom. The number of imide groups is 1. The number of hydrogen-bond donors (Lipinski definition) is 2. The molecule has 9 rings (SSSR count). The highest BCUT2D eigenvalue weighted by Gasteiger charge is 2.36. The van der Waals surface area contributed by atoms with Gasteiger partial charge in [0, 0.05) is 99.8 Å². The van der Waals surface area contributed by atoms with Crippen LogP contribution in [0.15, 0.2) is 53.7 Å². The first-order valence-corrected chi connectivity index (χ1v) is 21.8. The molecule has 0 saturated carbocycles. The molecule has 17 heteroatoms. The fourth-order valence-corrected chi connectivity index (χ4v) is 9.61. The number of fused-ring (bicyclic) bond motifs is 7. The normalized spacial score (nSPS) is 22.0. The predicted molar refractivity (Wildman–Crippen MR) is 233 cm³/mol. The second-order valence-corrected chi connectivity index (χ2v) is 17.7. The fraction of sp³-hybridized carbons (Fsp3) is 0.457. The number of anilines is 3. The lowest BCUT2D eigenvalue weighted by Crippen LogP contribution is -2.54. The third kappa shape index (κ3) is 8.50. The molecular formula is C46H52F2N10O5. The molecule has 5 aliphatic heterocycles. The van der Waals surface area contributed by atoms with Crippen LogP contribution in [0.2, 0.25) is 0 Å². The highest BCUT2D eigenvalue weighted by Crippen LogP contribution is 2.37. The molecule has 0 radical (unpaired) electrons. The van der Waals surface area contributed by atoms with Gasteiger partial charge in [-0.1, -0.05) is 6.92 Å². The Bertz CT molecular complexity index is 2490. The van der Waals surface area contributed by atoms with E-state index in [9.17, 15) is 19.2 Å². The third-order valence-corrected chi connectivity index (χ3v) is 13.1. The molecule has 5 aliphatic rings. The van der Waals surface area contributed by atoms with Gasteiger partial charge in [0.25, 0.3) is 11.8 Å². The monoisotopic (exact) mass is 862 g/mol. The van der Waals surface area contributed by atoms with E-state index in [2.05, 4.69) is 37.5 Å². The van der Waals surface area contributed by atoms with E-state index in [1.807, 2.05) is 53.9 Å². The number of amides is 4. The van der Waals surface area contributed by atoms with Crippen molar-refractivity contribution in [1.82, 2.24) is 29.9 Å². The summed E-state index contributed by atoms with van der Waals surface area (Å²) in [5.41, 5.74) is 4.62. The van der Waals surface area contributed by atoms with Crippen molar-refractivity contribution in [2.75, 3.05) is 68.0 Å². The molecule has 2 aromatic heterocycles. The van der Waals surface area contributed by atoms with Gasteiger partial charge in [-0.15, -0.1) is 0 Å². The summed E-state index contributed by atoms with van der Waals surface area (Å²) in [5, 5.41) is 9.92. The molecule has 2 atom stereocenters. The van der Waals surface area contributed by atoms with Crippen LogP contribution < -0.4 is 25.2 Å². The maximum absolute atomic E-state index is 15.2. The van der Waals surface area contributed by atoms with E-state index in [1.54, 1.807) is 23.0 Å². The second kappa shape index (κ2) is 17.1. The average Bonchev–Trinajstić information content (AvgIpc) is 3.78. The van der Waals surface area contributed by atoms with E-state index in [0.29, 0.717) is 77.8 Å². The number of carbonyl (C=O) groups is 4. The van der Waals surface area contributed by atoms with E-state index in [-0.39, 0.29) is 36.3 Å². The predicted octanol–water partition coefficient (Wildman–Crippen LogP) is 5.50. The van der Waals surface area contributed by atoms with Crippen LogP contribution in [0.1, 0.15) is 83.3 Å². The van der Waals surface area contributed by atoms with Gasteiger partial charge in [0.2, 0.25) is 23.7 Å². The number of nitrogens with zero attached hydrogens (tertiary/aromatic N) is 8. The molecule has 63 heavy (non-hydrogen) atoms. The molecule has 3 fully saturated rings. The number of aliphatic imine (C=N–C) groups is 1. The Hall–Kier alpha value is -6.23. The number of halogens is 2. The van der Waals surface area contributed by atoms with Gasteiger partial charge in [0.15, 0.2) is 0 Å². The van der Waals surface area contributed by atoms with Crippen LogP contribution in [0.25, 0.3) is 11.3 Å². The Labute approximate surface area is 364 Å². The number of pyridine rings is 1. The Kier molecular flexibility index (Phi) is 11.5. The van der Waals surface area contributed by atoms with Gasteiger partial charge in [0.1, 0.15) is 11.6 Å². The molecule has 3 saturated heterocycles. The van der Waals surface area contributed by atoms with Crippen LogP contribution in [0.5, 0.6) is 5.88 Å². The summed E-state index contributed by atoms with van der Waals surface area (Å²) in [6.07, 6.45) is 5.10. The van der Waals surface area contributed by atoms with E-state index in [4.69, 9.17) is 4.74 Å². The van der Waals surface area contributed by atoms with Gasteiger partial charge in [-0.3, -0.25) is 29.5 Å². The number of likely N-dealkylation sites (tertiary alicyclic amines) is 1. The number of benzene rings is 2. The molecule has 2 N–H and O–H groups in total. The Morgan fingerprint density at radius 1 is 0.968 bits per heavy atom. The molecule has 2 bridgehead atoms. The van der Waals surface area contributed by atoms with Crippen molar-refractivity contribution in [2.45, 2.75) is 64.3 Å². The third-order valence-electron chi connectivity index (χ3n) is 13.1. The molecule has 4 amide bonds. The van der Waals surface area contributed by atoms with Gasteiger partial charge in [-0.2, -0.15) is 10.1 Å². The van der Waals surface area contributed by atoms with Crippen LogP contribution in [0.3, 0.4) is 0 Å². The average molecular weight is 863 g/mol. The highest BCUT2D eigenvalue weighted by atomic mass is 19.1. The van der Waals surface area contributed by atoms with Crippen molar-refractivity contribution in [3.05, 3.63) is 82.7 Å². The molecule has 0 spiro atoms. The number of rotatable bonds is 6. The zero-order valence-corrected chi connectivity index (χ0v) is 36.0. The first-order valence-electron chi connectivity index (χ1n) is 21.8. The quantitative estimate of drug-likeness (QED) is 0.236. The largest absolute Gasteiger partial charge is 0.477 e. The van der Waals surface area contributed by atoms with Gasteiger partial charge in [-0.25, -0.2) is 13.5 Å². The SMILES string of the molecule is Cc1cc2cc(n1)-c1cnn(C)c1OCCC[C@@H](C)CN1/C(=N/C2=O)Nc2ccc(C(=O)N(C)C3CCN(CC4CN(c5cc(F)c([C@H]6CCC(=O)NC6=O)c(F)c5)C4)CC3)cc21. The molecule has 4 aromatic rings. The van der Waals surface area contributed by atoms with E-state index >= 15 is 8.78 Å². The van der Waals surface area contributed by atoms with Crippen LogP contribution in [-0.4, -0.2) is 113 Å². The number of carbonyl (C=O) groups excluding carboxylic acids is 4. The summed E-state index contributed by atoms with van der Waals surface area (Å²) in [5.74, 6) is -2.64. The van der Waals surface area contributed by atoms with Crippen LogP contribution in [0, 0.1) is 30.4 Å². The minimum absolute atomic E-state index is 0.0454. The molecule has 15 nitrogen and oxygen atoms in total. The van der Waals surface area contributed by atoms with Crippen molar-refractivity contribution in [2.24, 2.45) is 23.9 Å². The van der Waals surface area contributed by atoms with Crippen molar-refractivity contribution in [3.8, 4) is 17.1 Å². The van der Waals surface area contributed by atoms with Gasteiger partial charge < -0.3 is 29.7 Å². The minimum atomic E-state index is -1.02. The van der Waals surface area contributed by atoms with Crippen molar-refractivity contribution in [3.63, 3.8) is 0 Å². The van der Waals surface area contributed by atoms with Crippen molar-refractivity contribution >= 4 is 46.7 Å². The van der Waals surface area contributed by atoms with Gasteiger partial charge >= 0.3 is 0 Å². The minimum Gasteiger partial charge on any atom is -0.477 e. The summed E-state index contributed by atoms with van der Waals surface area (Å²) in [6.45, 7) is 8.86. The zero-order valence-electron chi connectivity index (χ0n) is 36.0. The summed E-state index contributed by atoms with van der Waals surface area (Å²) in [7, 11) is 3.68. The zero-order chi connectivity index (χ0) is 44.1. The van der Waals surface area contributed by atoms with Crippen LogP contribution >= 0.6 is 0 Å². The lowest BCUT2D eigenvalue weighted by atomic mass is 9.89. The number of piperidine rings is 2. The summed E-state index contributed by atoms with van der Waals surface area (Å²) >= 11 is 0. The van der Waals surface area contributed by atoms with Crippen molar-refractivity contribution in [1.29, 1.82) is 0 Å². The van der Waals surface area contributed by atoms with E-state index in [1.165, 1.54) is 12.1 Å². The Balaban J connectivity index is 0.825. The number of aryl methyl sites for hydroxylation is 2. The van der Waals surface area contributed by atoms with Gasteiger partial charge in [0.05, 0.1) is 41.4 Å². The van der Waals surface area contributed by atoms with Crippen LogP contribution in [0.4, 0.5) is 25.8 Å². The molecular weight excluding hydrogens is 811 g/mol. The van der Waals surface area contributed by atoms with E-state index < -0.39 is 35.3 Å². The van der Waals surface area contributed by atoms with E-state index in [0.717, 1.165) is 56.7 Å². The summed E-state index contributed by atoms with van der Waals surface area (Å²) in [6, 6.07) is 11.7. The summed E-state index contributed by atoms with van der Waals surface area (Å²) < 4.78 is 38.2. The molecule has 330 valence electrons. The van der Waals surface area contributed by atoms with Crippen molar-refractivity contribution < 1.29 is 32.7 Å². The first-order chi connectivity index (χ1) is 30.3. The number of guanidine groups is 1. The maximum atomic E-state index is 15.2. The molecule has 7 heterocycles. The molecule has 0 aliphatic carbocycles. The standard InChI is InChI=1S/C46H52F2N10O5/c1-26-6-5-15-63-45-34(21-49-55(45)4)38-17-30(16-27(2)50-38)42(60)53-46-51-37-9-7-29(18-39(37)58(46)22-26)44(62)54(3)31-11-13-56(14-12-31)23-28-24-57(25-28)32-19-35(47)41(36(48)20-32)33-8-10-40(59)52-43(33)61/h7,9,16-21,26,28,31,33H,5-6,8,10-15,22-25H2,1-4H3,(H,51,53,60)(H,52,59,61)/t26-,33-/m1/s1. The van der Waals surface area contributed by atoms with Gasteiger partial charge in [-0.05, 0) is 87.4 Å². The number of aromatic nitrogens is 3. The second-order valence-electron chi connectivity index (χ2n) is 17.7.